The largest absolute Gasteiger partial charge is 0.380 e. The number of nitriles is 1. The van der Waals surface area contributed by atoms with Gasteiger partial charge in [0.05, 0.1) is 10.7 Å². The minimum absolute atomic E-state index is 0.654. The van der Waals surface area contributed by atoms with Crippen molar-refractivity contribution in [2.24, 2.45) is 7.05 Å². The molecule has 0 spiro atoms. The molecule has 3 nitrogen and oxygen atoms in total. The molecule has 19 heavy (non-hydrogen) atoms. The van der Waals surface area contributed by atoms with Crippen molar-refractivity contribution < 1.29 is 0 Å². The van der Waals surface area contributed by atoms with Gasteiger partial charge in [-0.1, -0.05) is 11.6 Å². The monoisotopic (exact) mass is 385 g/mol. The van der Waals surface area contributed by atoms with Gasteiger partial charge in [0.2, 0.25) is 0 Å². The number of benzene rings is 1. The van der Waals surface area contributed by atoms with E-state index in [1.807, 2.05) is 42.8 Å². The second-order valence-corrected chi connectivity index (χ2v) is 5.94. The molecule has 1 heterocycles. The maximum absolute atomic E-state index is 9.00. The van der Waals surface area contributed by atoms with Crippen LogP contribution in [0.2, 0.25) is 5.02 Å². The van der Waals surface area contributed by atoms with Gasteiger partial charge in [-0.15, -0.1) is 0 Å². The topological polar surface area (TPSA) is 40.8 Å². The summed E-state index contributed by atoms with van der Waals surface area (Å²) in [6, 6.07) is 9.98. The first-order valence-electron chi connectivity index (χ1n) is 5.77. The fourth-order valence-electron chi connectivity index (χ4n) is 1.87. The second-order valence-electron chi connectivity index (χ2n) is 4.29. The highest BCUT2D eigenvalue weighted by atomic mass is 127. The van der Waals surface area contributed by atoms with Gasteiger partial charge < -0.3 is 9.88 Å². The SMILES string of the molecule is Cc1c(CNc2ccc(I)cc2Cl)cc(C#N)n1C. The van der Waals surface area contributed by atoms with E-state index in [1.165, 1.54) is 0 Å². The first kappa shape index (κ1) is 14.2. The fourth-order valence-corrected chi connectivity index (χ4v) is 2.79. The first-order chi connectivity index (χ1) is 9.02. The lowest BCUT2D eigenvalue weighted by Gasteiger charge is -2.09. The lowest BCUT2D eigenvalue weighted by Crippen LogP contribution is -2.02. The molecule has 1 N–H and O–H groups in total. The summed E-state index contributed by atoms with van der Waals surface area (Å²) in [5, 5.41) is 13.0. The van der Waals surface area contributed by atoms with Crippen molar-refractivity contribution in [1.29, 1.82) is 5.26 Å². The molecule has 0 amide bonds. The van der Waals surface area contributed by atoms with Crippen LogP contribution in [0, 0.1) is 21.8 Å². The van der Waals surface area contributed by atoms with E-state index in [0.29, 0.717) is 17.3 Å². The smallest absolute Gasteiger partial charge is 0.120 e. The van der Waals surface area contributed by atoms with Gasteiger partial charge in [0.25, 0.3) is 0 Å². The van der Waals surface area contributed by atoms with Gasteiger partial charge in [0.1, 0.15) is 11.8 Å². The number of hydrogen-bond acceptors (Lipinski definition) is 2. The lowest BCUT2D eigenvalue weighted by molar-refractivity contribution is 0.856. The Bertz CT molecular complexity index is 655. The Morgan fingerprint density at radius 2 is 2.16 bits per heavy atom. The predicted octanol–water partition coefficient (Wildman–Crippen LogP) is 4.08. The van der Waals surface area contributed by atoms with Crippen molar-refractivity contribution in [2.75, 3.05) is 5.32 Å². The Labute approximate surface area is 131 Å². The predicted molar refractivity (Wildman–Crippen MR) is 86.4 cm³/mol. The molecule has 0 fully saturated rings. The third-order valence-corrected chi connectivity index (χ3v) is 4.14. The lowest BCUT2D eigenvalue weighted by atomic mass is 10.2. The highest BCUT2D eigenvalue weighted by molar-refractivity contribution is 14.1. The van der Waals surface area contributed by atoms with Crippen LogP contribution in [0.5, 0.6) is 0 Å². The van der Waals surface area contributed by atoms with Gasteiger partial charge in [-0.25, -0.2) is 0 Å². The number of nitrogens with one attached hydrogen (secondary N) is 1. The van der Waals surface area contributed by atoms with Crippen molar-refractivity contribution in [3.8, 4) is 6.07 Å². The summed E-state index contributed by atoms with van der Waals surface area (Å²) in [6.07, 6.45) is 0. The molecule has 2 aromatic rings. The number of aromatic nitrogens is 1. The van der Waals surface area contributed by atoms with Crippen LogP contribution in [0.3, 0.4) is 0 Å². The van der Waals surface area contributed by atoms with Crippen LogP contribution in [0.1, 0.15) is 17.0 Å². The standard InChI is InChI=1S/C14H13ClIN3/c1-9-10(5-12(7-17)19(9)2)8-18-14-4-3-11(16)6-13(14)15/h3-6,18H,8H2,1-2H3. The molecule has 0 unspecified atom stereocenters. The molecule has 0 aliphatic rings. The molecule has 0 aliphatic heterocycles. The molecule has 5 heteroatoms. The highest BCUT2D eigenvalue weighted by Crippen LogP contribution is 2.25. The van der Waals surface area contributed by atoms with Gasteiger partial charge in [-0.3, -0.25) is 0 Å². The Balaban J connectivity index is 2.17. The van der Waals surface area contributed by atoms with Gasteiger partial charge in [0.15, 0.2) is 0 Å². The molecule has 98 valence electrons. The van der Waals surface area contributed by atoms with Gasteiger partial charge in [-0.05, 0) is 59.3 Å². The van der Waals surface area contributed by atoms with Crippen molar-refractivity contribution in [3.63, 3.8) is 0 Å². The Morgan fingerprint density at radius 3 is 2.74 bits per heavy atom. The average Bonchev–Trinajstić information content (AvgIpc) is 2.65. The third kappa shape index (κ3) is 3.04. The number of halogens is 2. The zero-order chi connectivity index (χ0) is 14.0. The molecule has 0 aliphatic carbocycles. The van der Waals surface area contributed by atoms with E-state index in [4.69, 9.17) is 16.9 Å². The molecular weight excluding hydrogens is 373 g/mol. The van der Waals surface area contributed by atoms with Crippen LogP contribution in [0.25, 0.3) is 0 Å². The normalized spacial score (nSPS) is 10.3. The molecule has 0 saturated heterocycles. The maximum atomic E-state index is 9.00. The molecule has 0 atom stereocenters. The van der Waals surface area contributed by atoms with Gasteiger partial charge in [-0.2, -0.15) is 5.26 Å². The van der Waals surface area contributed by atoms with Crippen LogP contribution in [-0.2, 0) is 13.6 Å². The number of rotatable bonds is 3. The second kappa shape index (κ2) is 5.85. The minimum atomic E-state index is 0.654. The summed E-state index contributed by atoms with van der Waals surface area (Å²) in [7, 11) is 1.90. The van der Waals surface area contributed by atoms with Crippen LogP contribution in [0.15, 0.2) is 24.3 Å². The van der Waals surface area contributed by atoms with Crippen molar-refractivity contribution in [2.45, 2.75) is 13.5 Å². The quantitative estimate of drug-likeness (QED) is 0.809. The van der Waals surface area contributed by atoms with E-state index >= 15 is 0 Å². The molecular formula is C14H13ClIN3. The minimum Gasteiger partial charge on any atom is -0.380 e. The Morgan fingerprint density at radius 1 is 1.42 bits per heavy atom. The van der Waals surface area contributed by atoms with Crippen molar-refractivity contribution in [3.05, 3.63) is 49.8 Å². The molecule has 0 saturated carbocycles. The van der Waals surface area contributed by atoms with E-state index in [0.717, 1.165) is 20.5 Å². The van der Waals surface area contributed by atoms with Crippen LogP contribution < -0.4 is 5.32 Å². The summed E-state index contributed by atoms with van der Waals surface area (Å²) in [5.74, 6) is 0. The van der Waals surface area contributed by atoms with Crippen molar-refractivity contribution in [1.82, 2.24) is 4.57 Å². The number of hydrogen-bond donors (Lipinski definition) is 1. The molecule has 0 radical (unpaired) electrons. The van der Waals surface area contributed by atoms with Crippen LogP contribution in [0.4, 0.5) is 5.69 Å². The molecule has 1 aromatic carbocycles. The Kier molecular flexibility index (Phi) is 4.38. The summed E-state index contributed by atoms with van der Waals surface area (Å²) < 4.78 is 3.00. The van der Waals surface area contributed by atoms with Crippen molar-refractivity contribution >= 4 is 39.9 Å². The highest BCUT2D eigenvalue weighted by Gasteiger charge is 2.09. The first-order valence-corrected chi connectivity index (χ1v) is 7.23. The zero-order valence-corrected chi connectivity index (χ0v) is 13.6. The summed E-state index contributed by atoms with van der Waals surface area (Å²) >= 11 is 8.40. The van der Waals surface area contributed by atoms with E-state index in [-0.39, 0.29) is 0 Å². The van der Waals surface area contributed by atoms with Gasteiger partial charge >= 0.3 is 0 Å². The van der Waals surface area contributed by atoms with Crippen LogP contribution >= 0.6 is 34.2 Å². The maximum Gasteiger partial charge on any atom is 0.120 e. The third-order valence-electron chi connectivity index (χ3n) is 3.16. The summed E-state index contributed by atoms with van der Waals surface area (Å²) in [5.41, 5.74) is 3.77. The van der Waals surface area contributed by atoms with Gasteiger partial charge in [0, 0.05) is 22.9 Å². The fraction of sp³-hybridized carbons (Fsp3) is 0.214. The average molecular weight is 386 g/mol. The summed E-state index contributed by atoms with van der Waals surface area (Å²) in [4.78, 5) is 0. The van der Waals surface area contributed by atoms with E-state index in [9.17, 15) is 0 Å². The van der Waals surface area contributed by atoms with E-state index < -0.39 is 0 Å². The van der Waals surface area contributed by atoms with Crippen LogP contribution in [-0.4, -0.2) is 4.57 Å². The molecule has 1 aromatic heterocycles. The zero-order valence-electron chi connectivity index (χ0n) is 10.7. The molecule has 0 bridgehead atoms. The van der Waals surface area contributed by atoms with E-state index in [1.54, 1.807) is 0 Å². The number of anilines is 1. The number of nitrogens with zero attached hydrogens (tertiary/aromatic N) is 2. The van der Waals surface area contributed by atoms with E-state index in [2.05, 4.69) is 34.0 Å². The summed E-state index contributed by atoms with van der Waals surface area (Å²) in [6.45, 7) is 2.66. The molecule has 2 rings (SSSR count). The Hall–Kier alpha value is -1.19.